The number of carbonyl (C=O) groups is 2. The number of piperazine rings is 1. The first-order valence-corrected chi connectivity index (χ1v) is 9.66. The molecule has 2 heterocycles. The molecule has 7 heteroatoms. The molecule has 2 unspecified atom stereocenters. The van der Waals surface area contributed by atoms with Crippen LogP contribution in [0.5, 0.6) is 0 Å². The molecule has 2 saturated heterocycles. The Morgan fingerprint density at radius 2 is 1.93 bits per heavy atom. The second kappa shape index (κ2) is 7.57. The minimum Gasteiger partial charge on any atom is -0.366 e. The van der Waals surface area contributed by atoms with Gasteiger partial charge in [0.25, 0.3) is 0 Å². The van der Waals surface area contributed by atoms with Crippen molar-refractivity contribution in [1.29, 1.82) is 0 Å². The molecule has 2 aliphatic rings. The van der Waals surface area contributed by atoms with E-state index in [4.69, 9.17) is 4.74 Å². The van der Waals surface area contributed by atoms with Crippen LogP contribution in [-0.4, -0.2) is 35.8 Å². The van der Waals surface area contributed by atoms with E-state index < -0.39 is 23.6 Å². The van der Waals surface area contributed by atoms with Crippen LogP contribution in [0.25, 0.3) is 0 Å². The molecule has 0 bridgehead atoms. The van der Waals surface area contributed by atoms with E-state index in [0.717, 1.165) is 11.1 Å². The van der Waals surface area contributed by atoms with Crippen LogP contribution in [0.3, 0.4) is 0 Å². The third-order valence-electron chi connectivity index (χ3n) is 5.56. The van der Waals surface area contributed by atoms with Crippen molar-refractivity contribution in [2.45, 2.75) is 38.3 Å². The maximum atomic E-state index is 14.7. The van der Waals surface area contributed by atoms with E-state index in [9.17, 15) is 14.0 Å². The molecule has 2 fully saturated rings. The van der Waals surface area contributed by atoms with Gasteiger partial charge in [-0.3, -0.25) is 14.5 Å². The summed E-state index contributed by atoms with van der Waals surface area (Å²) in [4.78, 5) is 25.8. The zero-order valence-corrected chi connectivity index (χ0v) is 16.4. The first-order valence-electron chi connectivity index (χ1n) is 9.66. The molecule has 2 aliphatic heterocycles. The first-order chi connectivity index (χ1) is 13.8. The van der Waals surface area contributed by atoms with Crippen molar-refractivity contribution in [3.05, 3.63) is 71.0 Å². The Morgan fingerprint density at radius 3 is 2.69 bits per heavy atom. The summed E-state index contributed by atoms with van der Waals surface area (Å²) in [6.45, 7) is 4.56. The van der Waals surface area contributed by atoms with Crippen LogP contribution in [0, 0.1) is 5.82 Å². The van der Waals surface area contributed by atoms with E-state index in [1.165, 1.54) is 6.07 Å². The van der Waals surface area contributed by atoms with Crippen molar-refractivity contribution < 1.29 is 18.7 Å². The molecule has 6 nitrogen and oxygen atoms in total. The van der Waals surface area contributed by atoms with Crippen LogP contribution in [0.4, 0.5) is 4.39 Å². The zero-order chi connectivity index (χ0) is 20.6. The minimum atomic E-state index is -0.677. The highest BCUT2D eigenvalue weighted by Gasteiger charge is 2.44. The van der Waals surface area contributed by atoms with Gasteiger partial charge in [-0.1, -0.05) is 36.4 Å². The van der Waals surface area contributed by atoms with Gasteiger partial charge < -0.3 is 15.4 Å². The third kappa shape index (κ3) is 3.88. The number of hydrogen-bond acceptors (Lipinski definition) is 4. The van der Waals surface area contributed by atoms with Gasteiger partial charge in [-0.15, -0.1) is 0 Å². The number of fused-ring (bicyclic) bond motifs is 1. The topological polar surface area (TPSA) is 70.7 Å². The molecule has 0 aromatic heterocycles. The number of nitrogens with zero attached hydrogens (tertiary/aromatic N) is 1. The number of ether oxygens (including phenoxy) is 1. The van der Waals surface area contributed by atoms with Crippen molar-refractivity contribution in [3.63, 3.8) is 0 Å². The van der Waals surface area contributed by atoms with Crippen LogP contribution in [0.15, 0.2) is 48.5 Å². The summed E-state index contributed by atoms with van der Waals surface area (Å²) in [5.74, 6) is -0.810. The summed E-state index contributed by atoms with van der Waals surface area (Å²) in [5, 5.41) is 5.51. The van der Waals surface area contributed by atoms with Crippen LogP contribution in [0.2, 0.25) is 0 Å². The summed E-state index contributed by atoms with van der Waals surface area (Å²) in [7, 11) is 0. The fourth-order valence-corrected chi connectivity index (χ4v) is 3.79. The molecular formula is C22H24FN3O3. The van der Waals surface area contributed by atoms with Gasteiger partial charge in [-0.05, 0) is 37.1 Å². The van der Waals surface area contributed by atoms with Gasteiger partial charge in [-0.2, -0.15) is 0 Å². The Bertz CT molecular complexity index is 932. The van der Waals surface area contributed by atoms with Crippen molar-refractivity contribution in [2.75, 3.05) is 13.1 Å². The largest absolute Gasteiger partial charge is 0.366 e. The number of halogens is 1. The molecule has 29 heavy (non-hydrogen) atoms. The first kappa shape index (κ1) is 19.5. The molecule has 2 N–H and O–H groups in total. The molecule has 0 spiro atoms. The molecule has 0 saturated carbocycles. The molecule has 2 aromatic carbocycles. The van der Waals surface area contributed by atoms with Gasteiger partial charge in [0.05, 0.1) is 18.8 Å². The lowest BCUT2D eigenvalue weighted by atomic mass is 9.94. The van der Waals surface area contributed by atoms with Crippen molar-refractivity contribution in [1.82, 2.24) is 15.5 Å². The highest BCUT2D eigenvalue weighted by atomic mass is 19.1. The van der Waals surface area contributed by atoms with Crippen LogP contribution in [-0.2, 0) is 26.5 Å². The van der Waals surface area contributed by atoms with Gasteiger partial charge in [0, 0.05) is 12.1 Å². The average Bonchev–Trinajstić information content (AvgIpc) is 3.03. The molecule has 2 amide bonds. The lowest BCUT2D eigenvalue weighted by molar-refractivity contribution is -0.128. The van der Waals surface area contributed by atoms with E-state index in [2.05, 4.69) is 10.6 Å². The third-order valence-corrected chi connectivity index (χ3v) is 5.56. The Morgan fingerprint density at radius 1 is 1.17 bits per heavy atom. The molecule has 0 radical (unpaired) electrons. The molecule has 152 valence electrons. The maximum Gasteiger partial charge on any atom is 0.240 e. The number of benzene rings is 2. The predicted octanol–water partition coefficient (Wildman–Crippen LogP) is 2.21. The van der Waals surface area contributed by atoms with Gasteiger partial charge >= 0.3 is 0 Å². The van der Waals surface area contributed by atoms with E-state index in [-0.39, 0.29) is 24.9 Å². The maximum absolute atomic E-state index is 14.7. The van der Waals surface area contributed by atoms with Crippen molar-refractivity contribution in [2.24, 2.45) is 0 Å². The summed E-state index contributed by atoms with van der Waals surface area (Å²) >= 11 is 0. The Hall–Kier alpha value is -2.77. The summed E-state index contributed by atoms with van der Waals surface area (Å²) in [5.41, 5.74) is 1.51. The quantitative estimate of drug-likeness (QED) is 0.812. The Labute approximate surface area is 169 Å². The van der Waals surface area contributed by atoms with Crippen molar-refractivity contribution >= 4 is 11.8 Å². The van der Waals surface area contributed by atoms with Crippen LogP contribution in [0.1, 0.15) is 36.7 Å². The molecular weight excluding hydrogens is 373 g/mol. The van der Waals surface area contributed by atoms with Gasteiger partial charge in [0.15, 0.2) is 0 Å². The van der Waals surface area contributed by atoms with E-state index in [1.807, 2.05) is 44.2 Å². The SMILES string of the molecule is CC(C)(OCc1ccccc1)c1ccc(F)c(C2NC(=O)C3CNC(=O)CN32)c1. The lowest BCUT2D eigenvalue weighted by Crippen LogP contribution is -2.53. The molecule has 2 aromatic rings. The van der Waals surface area contributed by atoms with Gasteiger partial charge in [0.1, 0.15) is 18.0 Å². The smallest absolute Gasteiger partial charge is 0.240 e. The normalized spacial score (nSPS) is 22.2. The Kier molecular flexibility index (Phi) is 5.10. The van der Waals surface area contributed by atoms with Crippen LogP contribution >= 0.6 is 0 Å². The molecule has 0 aliphatic carbocycles. The second-order valence-electron chi connectivity index (χ2n) is 7.92. The highest BCUT2D eigenvalue weighted by molar-refractivity contribution is 5.89. The minimum absolute atomic E-state index is 0.0473. The number of nitrogens with one attached hydrogen (secondary N) is 2. The van der Waals surface area contributed by atoms with Crippen LogP contribution < -0.4 is 10.6 Å². The summed E-state index contributed by atoms with van der Waals surface area (Å²) < 4.78 is 20.8. The number of rotatable bonds is 5. The molecule has 4 rings (SSSR count). The van der Waals surface area contributed by atoms with Gasteiger partial charge in [0.2, 0.25) is 11.8 Å². The lowest BCUT2D eigenvalue weighted by Gasteiger charge is -2.32. The van der Waals surface area contributed by atoms with E-state index in [0.29, 0.717) is 12.2 Å². The fraction of sp³-hybridized carbons (Fsp3) is 0.364. The van der Waals surface area contributed by atoms with E-state index >= 15 is 0 Å². The average molecular weight is 397 g/mol. The fourth-order valence-electron chi connectivity index (χ4n) is 3.79. The monoisotopic (exact) mass is 397 g/mol. The highest BCUT2D eigenvalue weighted by Crippen LogP contribution is 2.33. The number of hydrogen-bond donors (Lipinski definition) is 2. The standard InChI is InChI=1S/C22H24FN3O3/c1-22(2,29-13-14-6-4-3-5-7-14)15-8-9-17(23)16(10-15)20-25-21(28)18-11-24-19(27)12-26(18)20/h3-10,18,20H,11-13H2,1-2H3,(H,24,27)(H,25,28). The number of amides is 2. The van der Waals surface area contributed by atoms with Crippen molar-refractivity contribution in [3.8, 4) is 0 Å². The second-order valence-corrected chi connectivity index (χ2v) is 7.92. The molecule has 2 atom stereocenters. The Balaban J connectivity index is 1.58. The zero-order valence-electron chi connectivity index (χ0n) is 16.4. The predicted molar refractivity (Wildman–Crippen MR) is 105 cm³/mol. The summed E-state index contributed by atoms with van der Waals surface area (Å²) in [6, 6.07) is 14.2. The van der Waals surface area contributed by atoms with E-state index in [1.54, 1.807) is 17.0 Å². The summed E-state index contributed by atoms with van der Waals surface area (Å²) in [6.07, 6.45) is -0.677. The number of carbonyl (C=O) groups excluding carboxylic acids is 2. The van der Waals surface area contributed by atoms with Gasteiger partial charge in [-0.25, -0.2) is 4.39 Å².